The second-order valence-electron chi connectivity index (χ2n) is 8.24. The lowest BCUT2D eigenvalue weighted by atomic mass is 9.97. The normalized spacial score (nSPS) is 13.9. The Morgan fingerprint density at radius 1 is 1.00 bits per heavy atom. The average Bonchev–Trinajstić information content (AvgIpc) is 2.90. The third kappa shape index (κ3) is 7.88. The molecule has 1 saturated heterocycles. The van der Waals surface area contributed by atoms with Crippen molar-refractivity contribution in [3.63, 3.8) is 0 Å². The smallest absolute Gasteiger partial charge is 0.309 e. The van der Waals surface area contributed by atoms with Crippen LogP contribution in [0, 0.1) is 5.92 Å². The number of rotatable bonds is 10. The van der Waals surface area contributed by atoms with Gasteiger partial charge >= 0.3 is 5.97 Å². The van der Waals surface area contributed by atoms with E-state index in [2.05, 4.69) is 5.32 Å². The van der Waals surface area contributed by atoms with E-state index in [0.29, 0.717) is 50.4 Å². The molecule has 0 aliphatic carbocycles. The molecule has 2 aromatic rings. The van der Waals surface area contributed by atoms with Crippen LogP contribution in [0.1, 0.15) is 24.0 Å². The summed E-state index contributed by atoms with van der Waals surface area (Å²) in [5.41, 5.74) is 1.95. The highest BCUT2D eigenvalue weighted by atomic mass is 16.5. The molecule has 0 aromatic heterocycles. The van der Waals surface area contributed by atoms with E-state index in [0.717, 1.165) is 11.1 Å². The number of nitrogens with one attached hydrogen (secondary N) is 1. The minimum atomic E-state index is -0.396. The van der Waals surface area contributed by atoms with Crippen molar-refractivity contribution < 1.29 is 28.6 Å². The number of amides is 2. The molecule has 1 heterocycles. The van der Waals surface area contributed by atoms with Gasteiger partial charge in [0.15, 0.2) is 18.1 Å². The molecule has 0 radical (unpaired) electrons. The number of likely N-dealkylation sites (tertiary alicyclic amines) is 1. The van der Waals surface area contributed by atoms with Crippen molar-refractivity contribution in [3.8, 4) is 11.5 Å². The number of ether oxygens (including phenoxy) is 3. The van der Waals surface area contributed by atoms with Gasteiger partial charge in [0.2, 0.25) is 5.91 Å². The van der Waals surface area contributed by atoms with Gasteiger partial charge in [0.1, 0.15) is 0 Å². The SMILES string of the molecule is COc1ccc(CCNC(=O)COC(=O)C2CCN(C(=O)/C=C/c3ccccc3)CC2)cc1OC. The van der Waals surface area contributed by atoms with Gasteiger partial charge in [-0.25, -0.2) is 0 Å². The maximum absolute atomic E-state index is 12.4. The van der Waals surface area contributed by atoms with Crippen molar-refractivity contribution in [1.29, 1.82) is 0 Å². The number of hydrogen-bond donors (Lipinski definition) is 1. The van der Waals surface area contributed by atoms with E-state index in [9.17, 15) is 14.4 Å². The van der Waals surface area contributed by atoms with Crippen molar-refractivity contribution in [2.75, 3.05) is 40.5 Å². The van der Waals surface area contributed by atoms with Crippen LogP contribution in [0.25, 0.3) is 6.08 Å². The molecular weight excluding hydrogens is 448 g/mol. The summed E-state index contributed by atoms with van der Waals surface area (Å²) in [7, 11) is 3.15. The lowest BCUT2D eigenvalue weighted by Crippen LogP contribution is -2.40. The van der Waals surface area contributed by atoms with E-state index >= 15 is 0 Å². The molecule has 2 aromatic carbocycles. The zero-order valence-electron chi connectivity index (χ0n) is 20.2. The third-order valence-electron chi connectivity index (χ3n) is 5.89. The first-order valence-corrected chi connectivity index (χ1v) is 11.7. The number of hydrogen-bond acceptors (Lipinski definition) is 6. The fourth-order valence-electron chi connectivity index (χ4n) is 3.86. The summed E-state index contributed by atoms with van der Waals surface area (Å²) in [4.78, 5) is 38.6. The van der Waals surface area contributed by atoms with Crippen LogP contribution >= 0.6 is 0 Å². The van der Waals surface area contributed by atoms with E-state index in [1.807, 2.05) is 48.5 Å². The second kappa shape index (κ2) is 13.2. The maximum Gasteiger partial charge on any atom is 0.309 e. The number of esters is 1. The largest absolute Gasteiger partial charge is 0.493 e. The zero-order valence-corrected chi connectivity index (χ0v) is 20.2. The Balaban J connectivity index is 1.34. The summed E-state index contributed by atoms with van der Waals surface area (Å²) >= 11 is 0. The molecule has 1 N–H and O–H groups in total. The molecule has 186 valence electrons. The van der Waals surface area contributed by atoms with Gasteiger partial charge in [-0.15, -0.1) is 0 Å². The number of benzene rings is 2. The van der Waals surface area contributed by atoms with Crippen LogP contribution < -0.4 is 14.8 Å². The van der Waals surface area contributed by atoms with Gasteiger partial charge in [0, 0.05) is 25.7 Å². The molecule has 1 aliphatic rings. The van der Waals surface area contributed by atoms with Crippen molar-refractivity contribution in [2.24, 2.45) is 5.92 Å². The van der Waals surface area contributed by atoms with Crippen molar-refractivity contribution in [1.82, 2.24) is 10.2 Å². The van der Waals surface area contributed by atoms with Gasteiger partial charge in [-0.05, 0) is 48.6 Å². The molecule has 0 saturated carbocycles. The van der Waals surface area contributed by atoms with E-state index < -0.39 is 5.97 Å². The average molecular weight is 481 g/mol. The number of methoxy groups -OCH3 is 2. The first-order valence-electron chi connectivity index (χ1n) is 11.7. The predicted octanol–water partition coefficient (Wildman–Crippen LogP) is 2.86. The molecule has 8 heteroatoms. The monoisotopic (exact) mass is 480 g/mol. The lowest BCUT2D eigenvalue weighted by molar-refractivity contribution is -0.154. The predicted molar refractivity (Wildman–Crippen MR) is 132 cm³/mol. The van der Waals surface area contributed by atoms with Crippen LogP contribution in [0.15, 0.2) is 54.6 Å². The van der Waals surface area contributed by atoms with Crippen LogP contribution in [0.3, 0.4) is 0 Å². The van der Waals surface area contributed by atoms with E-state index in [4.69, 9.17) is 14.2 Å². The maximum atomic E-state index is 12.4. The van der Waals surface area contributed by atoms with Crippen molar-refractivity contribution in [2.45, 2.75) is 19.3 Å². The van der Waals surface area contributed by atoms with E-state index in [1.165, 1.54) is 0 Å². The molecule has 0 unspecified atom stereocenters. The summed E-state index contributed by atoms with van der Waals surface area (Å²) in [6.45, 7) is 1.05. The summed E-state index contributed by atoms with van der Waals surface area (Å²) < 4.78 is 15.7. The van der Waals surface area contributed by atoms with Gasteiger partial charge in [-0.3, -0.25) is 14.4 Å². The van der Waals surface area contributed by atoms with E-state index in [1.54, 1.807) is 31.3 Å². The molecule has 3 rings (SSSR count). The first-order chi connectivity index (χ1) is 17.0. The second-order valence-corrected chi connectivity index (χ2v) is 8.24. The summed E-state index contributed by atoms with van der Waals surface area (Å²) in [5, 5.41) is 2.76. The van der Waals surface area contributed by atoms with Crippen LogP contribution in [-0.2, 0) is 25.5 Å². The Hall–Kier alpha value is -3.81. The topological polar surface area (TPSA) is 94.2 Å². The third-order valence-corrected chi connectivity index (χ3v) is 5.89. The fourth-order valence-corrected chi connectivity index (χ4v) is 3.86. The Bertz CT molecular complexity index is 1030. The molecular formula is C27H32N2O6. The minimum Gasteiger partial charge on any atom is -0.493 e. The molecule has 0 bridgehead atoms. The van der Waals surface area contributed by atoms with Crippen molar-refractivity contribution >= 4 is 23.9 Å². The minimum absolute atomic E-state index is 0.0745. The number of nitrogens with zero attached hydrogens (tertiary/aromatic N) is 1. The zero-order chi connectivity index (χ0) is 25.0. The Labute approximate surface area is 205 Å². The Morgan fingerprint density at radius 3 is 2.40 bits per heavy atom. The molecule has 2 amide bonds. The number of piperidine rings is 1. The summed E-state index contributed by atoms with van der Waals surface area (Å²) in [6, 6.07) is 15.2. The van der Waals surface area contributed by atoms with Gasteiger partial charge in [0.25, 0.3) is 5.91 Å². The Morgan fingerprint density at radius 2 is 1.71 bits per heavy atom. The number of carbonyl (C=O) groups is 3. The van der Waals surface area contributed by atoms with Crippen LogP contribution in [0.4, 0.5) is 0 Å². The summed E-state index contributed by atoms with van der Waals surface area (Å²) in [6.07, 6.45) is 4.98. The quantitative estimate of drug-likeness (QED) is 0.415. The van der Waals surface area contributed by atoms with E-state index in [-0.39, 0.29) is 24.3 Å². The molecule has 0 spiro atoms. The molecule has 8 nitrogen and oxygen atoms in total. The van der Waals surface area contributed by atoms with Crippen molar-refractivity contribution in [3.05, 3.63) is 65.7 Å². The van der Waals surface area contributed by atoms with Crippen LogP contribution in [-0.4, -0.2) is 63.1 Å². The van der Waals surface area contributed by atoms with Gasteiger partial charge in [0.05, 0.1) is 20.1 Å². The fraction of sp³-hybridized carbons (Fsp3) is 0.370. The van der Waals surface area contributed by atoms with Crippen LogP contribution in [0.2, 0.25) is 0 Å². The van der Waals surface area contributed by atoms with Gasteiger partial charge < -0.3 is 24.4 Å². The highest BCUT2D eigenvalue weighted by Gasteiger charge is 2.28. The molecule has 1 aliphatic heterocycles. The van der Waals surface area contributed by atoms with Gasteiger partial charge in [-0.2, -0.15) is 0 Å². The molecule has 1 fully saturated rings. The highest BCUT2D eigenvalue weighted by molar-refractivity contribution is 5.92. The first kappa shape index (κ1) is 25.8. The summed E-state index contributed by atoms with van der Waals surface area (Å²) in [5.74, 6) is 0.145. The molecule has 35 heavy (non-hydrogen) atoms. The van der Waals surface area contributed by atoms with Gasteiger partial charge in [-0.1, -0.05) is 36.4 Å². The number of carbonyl (C=O) groups excluding carboxylic acids is 3. The standard InChI is InChI=1S/C27H32N2O6/c1-33-23-10-8-21(18-24(23)34-2)12-15-28-25(30)19-35-27(32)22-13-16-29(17-14-22)26(31)11-9-20-6-4-3-5-7-20/h3-11,18,22H,12-17,19H2,1-2H3,(H,28,30)/b11-9+. The lowest BCUT2D eigenvalue weighted by Gasteiger charge is -2.30. The molecule has 0 atom stereocenters. The Kier molecular flexibility index (Phi) is 9.71. The van der Waals surface area contributed by atoms with Crippen LogP contribution in [0.5, 0.6) is 11.5 Å². The highest BCUT2D eigenvalue weighted by Crippen LogP contribution is 2.27.